The van der Waals surface area contributed by atoms with Gasteiger partial charge in [-0.25, -0.2) is 4.79 Å². The van der Waals surface area contributed by atoms with Crippen LogP contribution >= 0.6 is 0 Å². The molecule has 1 aromatic heterocycles. The highest BCUT2D eigenvalue weighted by molar-refractivity contribution is 5.97. The SMILES string of the molecule is COc1cccnc1/C=C/c1cc(OC)c(CC=C(C)C)c(O)c1C(=O)O. The maximum Gasteiger partial charge on any atom is 0.340 e. The molecule has 0 unspecified atom stereocenters. The van der Waals surface area contributed by atoms with Gasteiger partial charge in [-0.05, 0) is 50.1 Å². The number of hydrogen-bond acceptors (Lipinski definition) is 5. The van der Waals surface area contributed by atoms with E-state index in [1.807, 2.05) is 19.9 Å². The van der Waals surface area contributed by atoms with E-state index in [4.69, 9.17) is 9.47 Å². The molecule has 1 aromatic carbocycles. The van der Waals surface area contributed by atoms with Gasteiger partial charge in [0.1, 0.15) is 28.5 Å². The number of carboxylic acids is 1. The minimum absolute atomic E-state index is 0.181. The van der Waals surface area contributed by atoms with E-state index in [1.54, 1.807) is 36.5 Å². The Hall–Kier alpha value is -3.28. The Bertz CT molecular complexity index is 896. The summed E-state index contributed by atoms with van der Waals surface area (Å²) in [5.74, 6) is -0.544. The molecule has 0 saturated carbocycles. The van der Waals surface area contributed by atoms with Gasteiger partial charge in [0.25, 0.3) is 0 Å². The minimum atomic E-state index is -1.22. The van der Waals surface area contributed by atoms with Crippen LogP contribution in [0.3, 0.4) is 0 Å². The Morgan fingerprint density at radius 2 is 1.89 bits per heavy atom. The fraction of sp³-hybridized carbons (Fsp3) is 0.238. The normalized spacial score (nSPS) is 10.7. The van der Waals surface area contributed by atoms with E-state index in [0.717, 1.165) is 5.57 Å². The predicted octanol–water partition coefficient (Wildman–Crippen LogP) is 4.18. The summed E-state index contributed by atoms with van der Waals surface area (Å²) in [4.78, 5) is 16.0. The lowest BCUT2D eigenvalue weighted by atomic mass is 9.97. The number of carboxylic acid groups (broad SMARTS) is 1. The highest BCUT2D eigenvalue weighted by Crippen LogP contribution is 2.36. The summed E-state index contributed by atoms with van der Waals surface area (Å²) in [6.45, 7) is 3.86. The molecule has 0 spiro atoms. The van der Waals surface area contributed by atoms with Crippen LogP contribution in [0.5, 0.6) is 17.2 Å². The third-order valence-corrected chi connectivity index (χ3v) is 3.98. The summed E-state index contributed by atoms with van der Waals surface area (Å²) in [7, 11) is 3.01. The molecule has 0 atom stereocenters. The van der Waals surface area contributed by atoms with E-state index in [0.29, 0.717) is 34.7 Å². The number of allylic oxidation sites excluding steroid dienone is 2. The van der Waals surface area contributed by atoms with Gasteiger partial charge in [-0.1, -0.05) is 17.7 Å². The fourth-order valence-corrected chi connectivity index (χ4v) is 2.62. The molecule has 142 valence electrons. The lowest BCUT2D eigenvalue weighted by Crippen LogP contribution is -2.04. The maximum absolute atomic E-state index is 11.8. The number of phenols is 1. The van der Waals surface area contributed by atoms with Gasteiger partial charge in [0.2, 0.25) is 0 Å². The lowest BCUT2D eigenvalue weighted by molar-refractivity contribution is 0.0693. The highest BCUT2D eigenvalue weighted by Gasteiger charge is 2.21. The van der Waals surface area contributed by atoms with Crippen LogP contribution in [-0.2, 0) is 6.42 Å². The number of carbonyl (C=O) groups is 1. The van der Waals surface area contributed by atoms with Crippen molar-refractivity contribution in [2.45, 2.75) is 20.3 Å². The summed E-state index contributed by atoms with van der Waals surface area (Å²) in [6, 6.07) is 5.10. The van der Waals surface area contributed by atoms with E-state index in [1.165, 1.54) is 14.2 Å². The van der Waals surface area contributed by atoms with Crippen molar-refractivity contribution >= 4 is 18.1 Å². The van der Waals surface area contributed by atoms with E-state index >= 15 is 0 Å². The summed E-state index contributed by atoms with van der Waals surface area (Å²) >= 11 is 0. The van der Waals surface area contributed by atoms with E-state index < -0.39 is 5.97 Å². The average Bonchev–Trinajstić information content (AvgIpc) is 2.64. The number of methoxy groups -OCH3 is 2. The Labute approximate surface area is 158 Å². The summed E-state index contributed by atoms with van der Waals surface area (Å²) in [6.07, 6.45) is 7.09. The van der Waals surface area contributed by atoms with Crippen LogP contribution in [0.1, 0.15) is 41.0 Å². The molecule has 6 heteroatoms. The van der Waals surface area contributed by atoms with Crippen molar-refractivity contribution in [2.24, 2.45) is 0 Å². The molecule has 27 heavy (non-hydrogen) atoms. The van der Waals surface area contributed by atoms with Crippen molar-refractivity contribution in [3.05, 3.63) is 58.4 Å². The molecule has 0 fully saturated rings. The monoisotopic (exact) mass is 369 g/mol. The molecule has 2 aromatic rings. The quantitative estimate of drug-likeness (QED) is 0.712. The number of aromatic carboxylic acids is 1. The fourth-order valence-electron chi connectivity index (χ4n) is 2.62. The Balaban J connectivity index is 2.59. The lowest BCUT2D eigenvalue weighted by Gasteiger charge is -2.14. The van der Waals surface area contributed by atoms with Crippen LogP contribution < -0.4 is 9.47 Å². The molecule has 2 N–H and O–H groups in total. The molecule has 2 rings (SSSR count). The van der Waals surface area contributed by atoms with Gasteiger partial charge < -0.3 is 19.7 Å². The zero-order valence-electron chi connectivity index (χ0n) is 15.8. The number of hydrogen-bond donors (Lipinski definition) is 2. The van der Waals surface area contributed by atoms with E-state index in [-0.39, 0.29) is 11.3 Å². The molecular formula is C21H23NO5. The number of rotatable bonds is 7. The molecule has 0 aliphatic heterocycles. The molecule has 0 saturated heterocycles. The molecular weight excluding hydrogens is 346 g/mol. The topological polar surface area (TPSA) is 88.9 Å². The molecule has 1 heterocycles. The average molecular weight is 369 g/mol. The van der Waals surface area contributed by atoms with Gasteiger partial charge in [-0.2, -0.15) is 0 Å². The second kappa shape index (κ2) is 8.89. The smallest absolute Gasteiger partial charge is 0.340 e. The van der Waals surface area contributed by atoms with Gasteiger partial charge in [0.05, 0.1) is 14.2 Å². The van der Waals surface area contributed by atoms with Crippen molar-refractivity contribution in [3.8, 4) is 17.2 Å². The summed E-state index contributed by atoms with van der Waals surface area (Å²) in [5.41, 5.74) is 2.16. The van der Waals surface area contributed by atoms with Gasteiger partial charge in [0.15, 0.2) is 0 Å². The van der Waals surface area contributed by atoms with E-state index in [9.17, 15) is 15.0 Å². The van der Waals surface area contributed by atoms with E-state index in [2.05, 4.69) is 4.98 Å². The zero-order valence-corrected chi connectivity index (χ0v) is 15.8. The zero-order chi connectivity index (χ0) is 20.0. The first kappa shape index (κ1) is 20.0. The van der Waals surface area contributed by atoms with Crippen LogP contribution in [0.4, 0.5) is 0 Å². The largest absolute Gasteiger partial charge is 0.507 e. The third kappa shape index (κ3) is 4.67. The molecule has 0 bridgehead atoms. The second-order valence-corrected chi connectivity index (χ2v) is 6.09. The summed E-state index contributed by atoms with van der Waals surface area (Å²) < 4.78 is 10.6. The van der Waals surface area contributed by atoms with Crippen molar-refractivity contribution < 1.29 is 24.5 Å². The maximum atomic E-state index is 11.8. The predicted molar refractivity (Wildman–Crippen MR) is 104 cm³/mol. The van der Waals surface area contributed by atoms with Crippen LogP contribution in [0, 0.1) is 0 Å². The number of benzene rings is 1. The van der Waals surface area contributed by atoms with Crippen LogP contribution in [-0.4, -0.2) is 35.4 Å². The first-order valence-electron chi connectivity index (χ1n) is 8.35. The van der Waals surface area contributed by atoms with Gasteiger partial charge >= 0.3 is 5.97 Å². The van der Waals surface area contributed by atoms with Gasteiger partial charge in [-0.3, -0.25) is 4.98 Å². The number of aromatic hydroxyl groups is 1. The van der Waals surface area contributed by atoms with Crippen LogP contribution in [0.2, 0.25) is 0 Å². The van der Waals surface area contributed by atoms with Crippen LogP contribution in [0.15, 0.2) is 36.0 Å². The second-order valence-electron chi connectivity index (χ2n) is 6.09. The molecule has 0 amide bonds. The summed E-state index contributed by atoms with van der Waals surface area (Å²) in [5, 5.41) is 20.2. The highest BCUT2D eigenvalue weighted by atomic mass is 16.5. The Morgan fingerprint density at radius 3 is 2.48 bits per heavy atom. The number of ether oxygens (including phenoxy) is 2. The van der Waals surface area contributed by atoms with Crippen molar-refractivity contribution in [1.82, 2.24) is 4.98 Å². The van der Waals surface area contributed by atoms with Gasteiger partial charge in [-0.15, -0.1) is 0 Å². The molecule has 6 nitrogen and oxygen atoms in total. The van der Waals surface area contributed by atoms with Gasteiger partial charge in [0, 0.05) is 11.8 Å². The third-order valence-electron chi connectivity index (χ3n) is 3.98. The number of pyridine rings is 1. The minimum Gasteiger partial charge on any atom is -0.507 e. The standard InChI is InChI=1S/C21H23NO5/c1-13(2)7-9-15-18(27-4)12-14(19(20(15)23)21(24)25)8-10-16-17(26-3)6-5-11-22-16/h5-8,10-12,23H,9H2,1-4H3,(H,24,25)/b10-8+. The molecule has 0 aliphatic carbocycles. The first-order chi connectivity index (χ1) is 12.9. The Morgan fingerprint density at radius 1 is 1.19 bits per heavy atom. The molecule has 0 radical (unpaired) electrons. The van der Waals surface area contributed by atoms with Crippen molar-refractivity contribution in [3.63, 3.8) is 0 Å². The Kier molecular flexibility index (Phi) is 6.60. The number of aromatic nitrogens is 1. The van der Waals surface area contributed by atoms with Crippen molar-refractivity contribution in [2.75, 3.05) is 14.2 Å². The van der Waals surface area contributed by atoms with Crippen molar-refractivity contribution in [1.29, 1.82) is 0 Å². The van der Waals surface area contributed by atoms with Crippen LogP contribution in [0.25, 0.3) is 12.2 Å². The molecule has 0 aliphatic rings. The first-order valence-corrected chi connectivity index (χ1v) is 8.35. The number of nitrogens with zero attached hydrogens (tertiary/aromatic N) is 1.